The number of hydrogen-bond acceptors (Lipinski definition) is 4. The van der Waals surface area contributed by atoms with Gasteiger partial charge in [-0.2, -0.15) is 0 Å². The molecule has 6 nitrogen and oxygen atoms in total. The van der Waals surface area contributed by atoms with Crippen LogP contribution in [-0.4, -0.2) is 34.1 Å². The number of carbonyl (C=O) groups excluding carboxylic acids is 2. The summed E-state index contributed by atoms with van der Waals surface area (Å²) in [6.07, 6.45) is -2.52. The average Bonchev–Trinajstić information content (AvgIpc) is 2.75. The quantitative estimate of drug-likeness (QED) is 0.588. The first-order valence-corrected chi connectivity index (χ1v) is 10.1. The molecule has 0 aromatic heterocycles. The molecular formula is C24H30N2O4. The van der Waals surface area contributed by atoms with Crippen LogP contribution in [0.25, 0.3) is 0 Å². The summed E-state index contributed by atoms with van der Waals surface area (Å²) in [5.74, 6) is -0.942. The van der Waals surface area contributed by atoms with Gasteiger partial charge in [0, 0.05) is 22.9 Å². The maximum atomic E-state index is 12.7. The summed E-state index contributed by atoms with van der Waals surface area (Å²) in [6, 6.07) is 17.0. The molecule has 2 atom stereocenters. The molecule has 0 heterocycles. The predicted molar refractivity (Wildman–Crippen MR) is 114 cm³/mol. The van der Waals surface area contributed by atoms with Crippen molar-refractivity contribution in [3.05, 3.63) is 71.8 Å². The van der Waals surface area contributed by atoms with Gasteiger partial charge in [-0.05, 0) is 11.1 Å². The lowest BCUT2D eigenvalue weighted by Crippen LogP contribution is -2.77. The van der Waals surface area contributed by atoms with Crippen LogP contribution in [-0.2, 0) is 9.59 Å². The van der Waals surface area contributed by atoms with E-state index >= 15 is 0 Å². The van der Waals surface area contributed by atoms with Crippen molar-refractivity contribution in [2.75, 3.05) is 0 Å². The number of carbonyl (C=O) groups is 2. The second-order valence-corrected chi connectivity index (χ2v) is 9.15. The van der Waals surface area contributed by atoms with Gasteiger partial charge in [0.1, 0.15) is 0 Å². The Morgan fingerprint density at radius 3 is 1.30 bits per heavy atom. The third-order valence-corrected chi connectivity index (χ3v) is 6.28. The Morgan fingerprint density at radius 1 is 0.700 bits per heavy atom. The number of aliphatic hydroxyl groups is 2. The fourth-order valence-corrected chi connectivity index (χ4v) is 4.91. The van der Waals surface area contributed by atoms with Crippen LogP contribution < -0.4 is 10.6 Å². The molecule has 0 spiro atoms. The Balaban J connectivity index is 1.68. The van der Waals surface area contributed by atoms with Gasteiger partial charge in [0.2, 0.25) is 0 Å². The van der Waals surface area contributed by atoms with E-state index in [1.807, 2.05) is 39.8 Å². The fraction of sp³-hybridized carbons (Fsp3) is 0.417. The van der Waals surface area contributed by atoms with Crippen molar-refractivity contribution in [2.45, 2.75) is 52.0 Å². The molecule has 0 radical (unpaired) electrons. The molecule has 0 saturated heterocycles. The lowest BCUT2D eigenvalue weighted by atomic mass is 9.48. The maximum Gasteiger partial charge on any atom is 0.253 e. The molecule has 2 aromatic rings. The monoisotopic (exact) mass is 410 g/mol. The van der Waals surface area contributed by atoms with E-state index in [0.29, 0.717) is 11.1 Å². The Hall–Kier alpha value is -2.70. The van der Waals surface area contributed by atoms with E-state index in [2.05, 4.69) is 10.6 Å². The van der Waals surface area contributed by atoms with E-state index in [4.69, 9.17) is 0 Å². The Morgan fingerprint density at radius 2 is 1.00 bits per heavy atom. The minimum Gasteiger partial charge on any atom is -0.378 e. The van der Waals surface area contributed by atoms with Crippen LogP contribution in [0.1, 0.15) is 51.0 Å². The summed E-state index contributed by atoms with van der Waals surface area (Å²) in [4.78, 5) is 25.3. The van der Waals surface area contributed by atoms with E-state index in [0.717, 1.165) is 0 Å². The van der Waals surface area contributed by atoms with Gasteiger partial charge in [0.25, 0.3) is 11.8 Å². The zero-order valence-electron chi connectivity index (χ0n) is 17.8. The Kier molecular flexibility index (Phi) is 6.01. The maximum absolute atomic E-state index is 12.7. The van der Waals surface area contributed by atoms with Gasteiger partial charge in [-0.1, -0.05) is 88.4 Å². The molecule has 6 heteroatoms. The van der Waals surface area contributed by atoms with Crippen LogP contribution in [0.2, 0.25) is 0 Å². The van der Waals surface area contributed by atoms with Crippen molar-refractivity contribution in [2.24, 2.45) is 10.8 Å². The van der Waals surface area contributed by atoms with Crippen molar-refractivity contribution in [3.63, 3.8) is 0 Å². The normalized spacial score (nSPS) is 23.5. The summed E-state index contributed by atoms with van der Waals surface area (Å²) >= 11 is 0. The van der Waals surface area contributed by atoms with Crippen LogP contribution in [0.3, 0.4) is 0 Å². The standard InChI is InChI=1S/C24H30N2O4/c1-23(2)21(25-19(29)17(27)15-11-7-5-8-12-15)24(3,4)22(23)26-20(30)18(28)16-13-9-6-10-14-16/h5-14,17-18,21-22,27-28H,1-4H3,(H,25,29)(H,26,30)/t17-,18-,21?,22?/m0/s1. The first-order valence-electron chi connectivity index (χ1n) is 10.1. The van der Waals surface area contributed by atoms with Crippen molar-refractivity contribution < 1.29 is 19.8 Å². The molecule has 0 aliphatic heterocycles. The zero-order chi connectivity index (χ0) is 22.1. The summed E-state index contributed by atoms with van der Waals surface area (Å²) in [7, 11) is 0. The Labute approximate surface area is 177 Å². The highest BCUT2D eigenvalue weighted by Gasteiger charge is 2.63. The summed E-state index contributed by atoms with van der Waals surface area (Å²) < 4.78 is 0. The highest BCUT2D eigenvalue weighted by atomic mass is 16.3. The Bertz CT molecular complexity index is 808. The van der Waals surface area contributed by atoms with Gasteiger partial charge in [0.05, 0.1) is 0 Å². The van der Waals surface area contributed by atoms with Crippen LogP contribution in [0, 0.1) is 10.8 Å². The van der Waals surface area contributed by atoms with Crippen LogP contribution in [0.15, 0.2) is 60.7 Å². The number of hydrogen-bond donors (Lipinski definition) is 4. The molecule has 0 bridgehead atoms. The zero-order valence-corrected chi connectivity index (χ0v) is 17.8. The minimum absolute atomic E-state index is 0.268. The van der Waals surface area contributed by atoms with Crippen LogP contribution >= 0.6 is 0 Å². The number of rotatable bonds is 6. The molecule has 0 unspecified atom stereocenters. The molecule has 2 aromatic carbocycles. The number of aliphatic hydroxyl groups excluding tert-OH is 2. The van der Waals surface area contributed by atoms with Gasteiger partial charge in [-0.25, -0.2) is 0 Å². The lowest BCUT2D eigenvalue weighted by Gasteiger charge is -2.64. The average molecular weight is 411 g/mol. The van der Waals surface area contributed by atoms with Crippen LogP contribution in [0.5, 0.6) is 0 Å². The predicted octanol–water partition coefficient (Wildman–Crippen LogP) is 2.49. The SMILES string of the molecule is CC1(C)C(NC(=O)[C@@H](O)c2ccccc2)C(C)(C)C1NC(=O)[C@@H](O)c1ccccc1. The molecule has 160 valence electrons. The van der Waals surface area contributed by atoms with Gasteiger partial charge >= 0.3 is 0 Å². The van der Waals surface area contributed by atoms with Crippen molar-refractivity contribution >= 4 is 11.8 Å². The molecular weight excluding hydrogens is 380 g/mol. The first-order chi connectivity index (χ1) is 14.1. The van der Waals surface area contributed by atoms with E-state index in [1.54, 1.807) is 48.5 Å². The minimum atomic E-state index is -1.26. The highest BCUT2D eigenvalue weighted by molar-refractivity contribution is 5.84. The molecule has 1 aliphatic carbocycles. The van der Waals surface area contributed by atoms with E-state index < -0.39 is 34.9 Å². The largest absolute Gasteiger partial charge is 0.378 e. The molecule has 1 fully saturated rings. The lowest BCUT2D eigenvalue weighted by molar-refractivity contribution is -0.150. The van der Waals surface area contributed by atoms with Crippen molar-refractivity contribution in [1.29, 1.82) is 0 Å². The molecule has 30 heavy (non-hydrogen) atoms. The summed E-state index contributed by atoms with van der Waals surface area (Å²) in [5.41, 5.74) is 0.116. The van der Waals surface area contributed by atoms with E-state index in [9.17, 15) is 19.8 Å². The smallest absolute Gasteiger partial charge is 0.253 e. The number of nitrogens with one attached hydrogen (secondary N) is 2. The van der Waals surface area contributed by atoms with E-state index in [-0.39, 0.29) is 12.1 Å². The number of amides is 2. The van der Waals surface area contributed by atoms with Gasteiger partial charge in [-0.3, -0.25) is 9.59 Å². The first kappa shape index (κ1) is 22.0. The summed E-state index contributed by atoms with van der Waals surface area (Å²) in [5, 5.41) is 26.7. The third-order valence-electron chi connectivity index (χ3n) is 6.28. The highest BCUT2D eigenvalue weighted by Crippen LogP contribution is 2.54. The van der Waals surface area contributed by atoms with Gasteiger partial charge in [-0.15, -0.1) is 0 Å². The van der Waals surface area contributed by atoms with Gasteiger partial charge in [0.15, 0.2) is 12.2 Å². The second kappa shape index (κ2) is 8.20. The third kappa shape index (κ3) is 3.98. The van der Waals surface area contributed by atoms with Crippen molar-refractivity contribution in [3.8, 4) is 0 Å². The number of benzene rings is 2. The molecule has 2 amide bonds. The molecule has 4 N–H and O–H groups in total. The molecule has 1 saturated carbocycles. The van der Waals surface area contributed by atoms with Crippen molar-refractivity contribution in [1.82, 2.24) is 10.6 Å². The summed E-state index contributed by atoms with van der Waals surface area (Å²) in [6.45, 7) is 7.83. The fourth-order valence-electron chi connectivity index (χ4n) is 4.91. The topological polar surface area (TPSA) is 98.7 Å². The van der Waals surface area contributed by atoms with Crippen LogP contribution in [0.4, 0.5) is 0 Å². The van der Waals surface area contributed by atoms with E-state index in [1.165, 1.54) is 0 Å². The molecule has 1 aliphatic rings. The van der Waals surface area contributed by atoms with Gasteiger partial charge < -0.3 is 20.8 Å². The molecule has 3 rings (SSSR count). The second-order valence-electron chi connectivity index (χ2n) is 9.15.